The summed E-state index contributed by atoms with van der Waals surface area (Å²) in [6, 6.07) is 10.1. The first-order valence-corrected chi connectivity index (χ1v) is 13.0. The van der Waals surface area contributed by atoms with Gasteiger partial charge in [-0.25, -0.2) is 4.98 Å². The van der Waals surface area contributed by atoms with Gasteiger partial charge in [0.15, 0.2) is 0 Å². The number of rotatable bonds is 7. The fraction of sp³-hybridized carbons (Fsp3) is 0.393. The zero-order valence-electron chi connectivity index (χ0n) is 22.2. The summed E-state index contributed by atoms with van der Waals surface area (Å²) in [5, 5.41) is 7.58. The fourth-order valence-electron chi connectivity index (χ4n) is 4.85. The number of anilines is 2. The molecule has 2 heterocycles. The summed E-state index contributed by atoms with van der Waals surface area (Å²) in [6.07, 6.45) is 1.19. The van der Waals surface area contributed by atoms with Crippen molar-refractivity contribution in [3.63, 3.8) is 0 Å². The molecular weight excluding hydrogens is 527 g/mol. The van der Waals surface area contributed by atoms with Crippen LogP contribution < -0.4 is 20.1 Å². The maximum atomic E-state index is 13.8. The zero-order valence-corrected chi connectivity index (χ0v) is 22.2. The van der Waals surface area contributed by atoms with Crippen LogP contribution in [0.4, 0.5) is 24.8 Å². The summed E-state index contributed by atoms with van der Waals surface area (Å²) >= 11 is 0. The van der Waals surface area contributed by atoms with Gasteiger partial charge in [0, 0.05) is 37.0 Å². The smallest absolute Gasteiger partial charge is 0.423 e. The van der Waals surface area contributed by atoms with Gasteiger partial charge in [-0.15, -0.1) is 0 Å². The van der Waals surface area contributed by atoms with Crippen LogP contribution in [0, 0.1) is 0 Å². The Bertz CT molecular complexity index is 1380. The Morgan fingerprint density at radius 1 is 1.12 bits per heavy atom. The Labute approximate surface area is 229 Å². The van der Waals surface area contributed by atoms with E-state index in [4.69, 9.17) is 14.3 Å². The van der Waals surface area contributed by atoms with E-state index < -0.39 is 17.6 Å². The first kappa shape index (κ1) is 27.7. The van der Waals surface area contributed by atoms with E-state index in [1.807, 2.05) is 6.07 Å². The summed E-state index contributed by atoms with van der Waals surface area (Å²) in [5.74, 6) is -0.479. The van der Waals surface area contributed by atoms with Gasteiger partial charge < -0.3 is 20.1 Å². The third-order valence-electron chi connectivity index (χ3n) is 6.97. The van der Waals surface area contributed by atoms with E-state index in [1.165, 1.54) is 13.5 Å². The Balaban J connectivity index is 1.39. The molecule has 5 rings (SSSR count). The number of carbonyl (C=O) groups excluding carboxylic acids is 1. The Morgan fingerprint density at radius 2 is 1.93 bits per heavy atom. The molecule has 0 unspecified atom stereocenters. The van der Waals surface area contributed by atoms with Crippen LogP contribution in [-0.2, 0) is 24.2 Å². The zero-order chi connectivity index (χ0) is 28.3. The number of ether oxygens (including phenoxy) is 2. The second kappa shape index (κ2) is 11.7. The van der Waals surface area contributed by atoms with Crippen LogP contribution in [0.3, 0.4) is 0 Å². The molecule has 40 heavy (non-hydrogen) atoms. The summed E-state index contributed by atoms with van der Waals surface area (Å²) in [4.78, 5) is 26.2. The minimum absolute atomic E-state index is 0.138. The molecule has 1 aliphatic carbocycles. The first-order valence-electron chi connectivity index (χ1n) is 13.0. The Kier molecular flexibility index (Phi) is 8.08. The van der Waals surface area contributed by atoms with Crippen molar-refractivity contribution in [1.29, 1.82) is 0 Å². The molecular formula is C28H30F3N5O4. The molecule has 1 fully saturated rings. The lowest BCUT2D eigenvalue weighted by Gasteiger charge is -2.26. The summed E-state index contributed by atoms with van der Waals surface area (Å²) in [5.41, 5.74) is 1.18. The van der Waals surface area contributed by atoms with Gasteiger partial charge in [0.2, 0.25) is 11.8 Å². The van der Waals surface area contributed by atoms with Crippen LogP contribution in [0.15, 0.2) is 42.6 Å². The van der Waals surface area contributed by atoms with Crippen LogP contribution in [0.25, 0.3) is 0 Å². The molecule has 1 saturated carbocycles. The molecule has 2 N–H and O–H groups in total. The highest BCUT2D eigenvalue weighted by molar-refractivity contribution is 5.95. The van der Waals surface area contributed by atoms with Crippen molar-refractivity contribution in [3.05, 3.63) is 64.8 Å². The highest BCUT2D eigenvalue weighted by Crippen LogP contribution is 2.39. The molecule has 0 atom stereocenters. The summed E-state index contributed by atoms with van der Waals surface area (Å²) in [6.45, 7) is 0.612. The Morgan fingerprint density at radius 3 is 2.67 bits per heavy atom. The second-order valence-electron chi connectivity index (χ2n) is 9.81. The number of benzene rings is 2. The monoisotopic (exact) mass is 557 g/mol. The molecule has 1 aliphatic heterocycles. The molecule has 2 aliphatic rings. The molecule has 0 radical (unpaired) electrons. The van der Waals surface area contributed by atoms with E-state index >= 15 is 0 Å². The van der Waals surface area contributed by atoms with Crippen LogP contribution in [0.5, 0.6) is 17.4 Å². The molecule has 0 bridgehead atoms. The molecule has 0 spiro atoms. The van der Waals surface area contributed by atoms with Gasteiger partial charge in [0.05, 0.1) is 19.4 Å². The van der Waals surface area contributed by atoms with Gasteiger partial charge >= 0.3 is 6.18 Å². The highest BCUT2D eigenvalue weighted by atomic mass is 19.4. The van der Waals surface area contributed by atoms with E-state index in [9.17, 15) is 18.0 Å². The Hall–Kier alpha value is -3.90. The van der Waals surface area contributed by atoms with Crippen LogP contribution in [0.2, 0.25) is 0 Å². The second-order valence-corrected chi connectivity index (χ2v) is 9.81. The van der Waals surface area contributed by atoms with Gasteiger partial charge in [-0.2, -0.15) is 23.2 Å². The number of fused-ring (bicyclic) bond motifs is 1. The van der Waals surface area contributed by atoms with Crippen molar-refractivity contribution < 1.29 is 32.3 Å². The third kappa shape index (κ3) is 6.28. The van der Waals surface area contributed by atoms with E-state index in [-0.39, 0.29) is 30.3 Å². The predicted molar refractivity (Wildman–Crippen MR) is 140 cm³/mol. The first-order chi connectivity index (χ1) is 19.2. The molecule has 12 heteroatoms. The number of halogens is 3. The van der Waals surface area contributed by atoms with Gasteiger partial charge in [-0.3, -0.25) is 9.63 Å². The minimum Gasteiger partial charge on any atom is -0.495 e. The lowest BCUT2D eigenvalue weighted by molar-refractivity contribution is -0.168. The average molecular weight is 558 g/mol. The molecule has 212 valence electrons. The number of hydrogen-bond acceptors (Lipinski definition) is 8. The molecule has 3 aromatic rings. The van der Waals surface area contributed by atoms with Gasteiger partial charge in [-0.05, 0) is 42.7 Å². The lowest BCUT2D eigenvalue weighted by atomic mass is 9.95. The van der Waals surface area contributed by atoms with E-state index in [1.54, 1.807) is 42.4 Å². The van der Waals surface area contributed by atoms with Crippen LogP contribution >= 0.6 is 0 Å². The van der Waals surface area contributed by atoms with Crippen molar-refractivity contribution in [2.75, 3.05) is 19.5 Å². The molecule has 2 aromatic carbocycles. The van der Waals surface area contributed by atoms with Gasteiger partial charge in [0.25, 0.3) is 5.91 Å². The number of methoxy groups -OCH3 is 1. The molecule has 1 amide bonds. The maximum Gasteiger partial charge on any atom is 0.423 e. The minimum atomic E-state index is -4.75. The van der Waals surface area contributed by atoms with Crippen molar-refractivity contribution in [1.82, 2.24) is 20.3 Å². The number of carbonyl (C=O) groups is 1. The quantitative estimate of drug-likeness (QED) is 0.366. The number of hydroxylamine groups is 2. The van der Waals surface area contributed by atoms with Crippen molar-refractivity contribution in [2.45, 2.75) is 57.5 Å². The summed E-state index contributed by atoms with van der Waals surface area (Å²) in [7, 11) is 3.20. The number of aromatic nitrogens is 2. The fourth-order valence-corrected chi connectivity index (χ4v) is 4.85. The van der Waals surface area contributed by atoms with E-state index in [2.05, 4.69) is 20.6 Å². The van der Waals surface area contributed by atoms with E-state index in [0.717, 1.165) is 31.2 Å². The van der Waals surface area contributed by atoms with E-state index in [0.29, 0.717) is 35.3 Å². The normalized spacial score (nSPS) is 16.2. The third-order valence-corrected chi connectivity index (χ3v) is 6.97. The molecule has 1 aromatic heterocycles. The van der Waals surface area contributed by atoms with Gasteiger partial charge in [0.1, 0.15) is 17.1 Å². The number of amides is 1. The highest BCUT2D eigenvalue weighted by Gasteiger charge is 2.37. The van der Waals surface area contributed by atoms with Crippen LogP contribution in [-0.4, -0.2) is 41.1 Å². The lowest BCUT2D eigenvalue weighted by Crippen LogP contribution is -2.36. The van der Waals surface area contributed by atoms with Crippen LogP contribution in [0.1, 0.15) is 59.2 Å². The SMILES string of the molecule is COc1cc(C(=O)NC2CCCCC2)ccc1Nc1ncc(C(F)(F)F)c(Oc2cccc3c2CON(C)C3)n1. The van der Waals surface area contributed by atoms with Crippen molar-refractivity contribution in [2.24, 2.45) is 0 Å². The summed E-state index contributed by atoms with van der Waals surface area (Å²) < 4.78 is 52.7. The topological polar surface area (TPSA) is 97.8 Å². The average Bonchev–Trinajstić information content (AvgIpc) is 2.93. The molecule has 0 saturated heterocycles. The standard InChI is InChI=1S/C28H30F3N5O4/c1-36-15-18-7-6-10-23(20(18)16-39-36)40-26-21(28(29,30)31)14-32-27(35-26)34-22-12-11-17(13-24(22)38-2)25(37)33-19-8-4-3-5-9-19/h6-7,10-14,19H,3-5,8-9,15-16H2,1-2H3,(H,33,37)(H,32,34,35). The van der Waals surface area contributed by atoms with Crippen molar-refractivity contribution >= 4 is 17.5 Å². The number of hydrogen-bond donors (Lipinski definition) is 2. The number of alkyl halides is 3. The van der Waals surface area contributed by atoms with Gasteiger partial charge in [-0.1, -0.05) is 31.4 Å². The molecule has 9 nitrogen and oxygen atoms in total. The largest absolute Gasteiger partial charge is 0.495 e. The predicted octanol–water partition coefficient (Wildman–Crippen LogP) is 5.98. The number of nitrogens with one attached hydrogen (secondary N) is 2. The maximum absolute atomic E-state index is 13.8. The van der Waals surface area contributed by atoms with Crippen molar-refractivity contribution in [3.8, 4) is 17.4 Å². The number of nitrogens with zero attached hydrogens (tertiary/aromatic N) is 3.